The molecule has 0 amide bonds. The van der Waals surface area contributed by atoms with Crippen molar-refractivity contribution in [2.75, 3.05) is 0 Å². The van der Waals surface area contributed by atoms with E-state index in [-0.39, 0.29) is 0 Å². The molecule has 0 spiro atoms. The molecule has 0 atom stereocenters. The van der Waals surface area contributed by atoms with Crippen molar-refractivity contribution in [1.82, 2.24) is 0 Å². The molecule has 0 saturated carbocycles. The first-order chi connectivity index (χ1) is 3.39. The van der Waals surface area contributed by atoms with Crippen LogP contribution in [0.1, 0.15) is 0 Å². The van der Waals surface area contributed by atoms with Crippen molar-refractivity contribution in [3.63, 3.8) is 0 Å². The summed E-state index contributed by atoms with van der Waals surface area (Å²) in [6.07, 6.45) is 6.50. The first kappa shape index (κ1) is 6.13. The molecule has 1 aliphatic rings. The molecule has 0 unspecified atom stereocenters. The van der Waals surface area contributed by atoms with Crippen LogP contribution in [0.2, 0.25) is 0 Å². The van der Waals surface area contributed by atoms with E-state index < -0.39 is 23.7 Å². The minimum absolute atomic E-state index is 0.458. The van der Waals surface area contributed by atoms with Crippen LogP contribution in [0.5, 0.6) is 0 Å². The monoisotopic (exact) mass is 396 g/mol. The number of halogens is 1. The molecule has 34 valence electrons. The molecule has 0 radical (unpaired) electrons. The SMILES string of the molecule is I[C]1=[Tl][CH]=CC=C1. The van der Waals surface area contributed by atoms with E-state index in [1.165, 1.54) is 0 Å². The van der Waals surface area contributed by atoms with Gasteiger partial charge in [-0.1, -0.05) is 0 Å². The summed E-state index contributed by atoms with van der Waals surface area (Å²) in [5, 5.41) is 0. The molecule has 0 aromatic rings. The molecule has 0 aromatic carbocycles. The summed E-state index contributed by atoms with van der Waals surface area (Å²) in [6, 6.07) is 0. The predicted octanol–water partition coefficient (Wildman–Crippen LogP) is 1.34. The molecular formula is C5H4ITl. The van der Waals surface area contributed by atoms with Gasteiger partial charge in [-0.05, 0) is 0 Å². The Labute approximate surface area is 68.5 Å². The molecule has 0 aliphatic carbocycles. The Morgan fingerprint density at radius 3 is 2.57 bits per heavy atom. The summed E-state index contributed by atoms with van der Waals surface area (Å²) in [7, 11) is 0. The number of hydrogen-bond donors (Lipinski definition) is 0. The van der Waals surface area contributed by atoms with Gasteiger partial charge in [0, 0.05) is 0 Å². The van der Waals surface area contributed by atoms with Crippen LogP contribution in [-0.2, 0) is 0 Å². The van der Waals surface area contributed by atoms with Gasteiger partial charge in [0.05, 0.1) is 0 Å². The van der Waals surface area contributed by atoms with Crippen LogP contribution < -0.4 is 0 Å². The fraction of sp³-hybridized carbons (Fsp3) is 0. The van der Waals surface area contributed by atoms with Gasteiger partial charge in [-0.2, -0.15) is 0 Å². The van der Waals surface area contributed by atoms with Crippen LogP contribution in [0, 0.1) is 0 Å². The Hall–Kier alpha value is 1.00. The van der Waals surface area contributed by atoms with E-state index in [9.17, 15) is 0 Å². The average Bonchev–Trinajstić information content (AvgIpc) is 1.69. The number of allylic oxidation sites excluding steroid dienone is 3. The Morgan fingerprint density at radius 1 is 1.43 bits per heavy atom. The van der Waals surface area contributed by atoms with E-state index in [1.807, 2.05) is 0 Å². The van der Waals surface area contributed by atoms with Crippen molar-refractivity contribution in [3.8, 4) is 0 Å². The normalized spacial score (nSPS) is 15.9. The molecule has 1 rings (SSSR count). The predicted molar refractivity (Wildman–Crippen MR) is 43.1 cm³/mol. The summed E-state index contributed by atoms with van der Waals surface area (Å²) in [5.41, 5.74) is 0. The molecule has 0 fully saturated rings. The third kappa shape index (κ3) is 2.16. The maximum atomic E-state index is 2.43. The summed E-state index contributed by atoms with van der Waals surface area (Å²) >= 11 is 1.97. The van der Waals surface area contributed by atoms with Gasteiger partial charge in [0.15, 0.2) is 0 Å². The van der Waals surface area contributed by atoms with Gasteiger partial charge in [0.2, 0.25) is 0 Å². The van der Waals surface area contributed by atoms with Gasteiger partial charge < -0.3 is 0 Å². The zero-order valence-corrected chi connectivity index (χ0v) is 10.4. The first-order valence-corrected chi connectivity index (χ1v) is 8.01. The molecule has 0 saturated heterocycles. The Morgan fingerprint density at radius 2 is 2.29 bits per heavy atom. The second kappa shape index (κ2) is 3.11. The van der Waals surface area contributed by atoms with Crippen LogP contribution >= 0.6 is 22.6 Å². The van der Waals surface area contributed by atoms with Crippen LogP contribution in [0.4, 0.5) is 0 Å². The van der Waals surface area contributed by atoms with Crippen molar-refractivity contribution >= 4 is 47.4 Å². The standard InChI is InChI=1S/C5H4I.Tl/c1-2-3-4-5-6;/h1-4H;. The molecular weight excluding hydrogens is 391 g/mol. The molecule has 7 heavy (non-hydrogen) atoms. The average molecular weight is 395 g/mol. The first-order valence-electron chi connectivity index (χ1n) is 2.10. The zero-order chi connectivity index (χ0) is 5.11. The topological polar surface area (TPSA) is 0 Å². The van der Waals surface area contributed by atoms with Crippen LogP contribution in [-0.4, -0.2) is 24.8 Å². The minimum atomic E-state index is -0.458. The van der Waals surface area contributed by atoms with Gasteiger partial charge in [0.25, 0.3) is 0 Å². The second-order valence-electron chi connectivity index (χ2n) is 1.30. The molecule has 2 heteroatoms. The van der Waals surface area contributed by atoms with E-state index in [4.69, 9.17) is 0 Å². The van der Waals surface area contributed by atoms with Gasteiger partial charge >= 0.3 is 69.3 Å². The van der Waals surface area contributed by atoms with Crippen molar-refractivity contribution in [1.29, 1.82) is 0 Å². The summed E-state index contributed by atoms with van der Waals surface area (Å²) in [5.74, 6) is 0. The molecule has 0 bridgehead atoms. The molecule has 0 aromatic heterocycles. The Kier molecular flexibility index (Phi) is 2.72. The van der Waals surface area contributed by atoms with Crippen LogP contribution in [0.3, 0.4) is 0 Å². The fourth-order valence-electron chi connectivity index (χ4n) is 0.415. The summed E-state index contributed by atoms with van der Waals surface area (Å²) < 4.78 is 3.99. The second-order valence-corrected chi connectivity index (χ2v) is 12.3. The number of rotatable bonds is 0. The maximum absolute atomic E-state index is 2.43. The van der Waals surface area contributed by atoms with E-state index in [2.05, 4.69) is 44.5 Å². The third-order valence-corrected chi connectivity index (χ3v) is 7.85. The molecule has 1 heterocycles. The van der Waals surface area contributed by atoms with Crippen molar-refractivity contribution in [2.24, 2.45) is 0 Å². The third-order valence-electron chi connectivity index (χ3n) is 0.733. The number of hydrogen-bond acceptors (Lipinski definition) is 0. The van der Waals surface area contributed by atoms with E-state index in [0.29, 0.717) is 0 Å². The Bertz CT molecular complexity index is 144. The summed E-state index contributed by atoms with van der Waals surface area (Å²) in [6.45, 7) is 0. The van der Waals surface area contributed by atoms with Gasteiger partial charge in [-0.25, -0.2) is 0 Å². The Balaban J connectivity index is 2.82. The van der Waals surface area contributed by atoms with E-state index in [1.54, 1.807) is 1.06 Å². The van der Waals surface area contributed by atoms with Crippen molar-refractivity contribution in [2.45, 2.75) is 0 Å². The zero-order valence-electron chi connectivity index (χ0n) is 3.76. The molecule has 0 nitrogen and oxygen atoms in total. The van der Waals surface area contributed by atoms with Crippen molar-refractivity contribution in [3.05, 3.63) is 21.9 Å². The quantitative estimate of drug-likeness (QED) is 0.429. The van der Waals surface area contributed by atoms with E-state index in [0.717, 1.165) is 0 Å². The van der Waals surface area contributed by atoms with Crippen LogP contribution in [0.15, 0.2) is 21.9 Å². The van der Waals surface area contributed by atoms with Gasteiger partial charge in [-0.15, -0.1) is 0 Å². The fourth-order valence-corrected chi connectivity index (χ4v) is 4.95. The summed E-state index contributed by atoms with van der Waals surface area (Å²) in [4.78, 5) is 0. The van der Waals surface area contributed by atoms with E-state index >= 15 is 0 Å². The van der Waals surface area contributed by atoms with Gasteiger partial charge in [0.1, 0.15) is 0 Å². The van der Waals surface area contributed by atoms with Crippen molar-refractivity contribution < 1.29 is 0 Å². The molecule has 0 N–H and O–H groups in total. The van der Waals surface area contributed by atoms with Gasteiger partial charge in [-0.3, -0.25) is 0 Å². The molecule has 1 aliphatic heterocycles. The van der Waals surface area contributed by atoms with Crippen LogP contribution in [0.25, 0.3) is 0 Å².